The topological polar surface area (TPSA) is 47.8 Å². The van der Waals surface area contributed by atoms with Crippen LogP contribution in [0.5, 0.6) is 0 Å². The van der Waals surface area contributed by atoms with Gasteiger partial charge in [0, 0.05) is 14.2 Å². The molecule has 0 saturated carbocycles. The largest absolute Gasteiger partial charge is 0.383 e. The van der Waals surface area contributed by atoms with Crippen molar-refractivity contribution in [1.29, 1.82) is 0 Å². The van der Waals surface area contributed by atoms with E-state index < -0.39 is 0 Å². The maximum atomic E-state index is 5.30. The van der Waals surface area contributed by atoms with Crippen LogP contribution in [0.25, 0.3) is 11.2 Å². The molecule has 0 fully saturated rings. The highest BCUT2D eigenvalue weighted by Gasteiger charge is 2.13. The van der Waals surface area contributed by atoms with Gasteiger partial charge in [-0.1, -0.05) is 6.92 Å². The maximum absolute atomic E-state index is 5.30. The van der Waals surface area contributed by atoms with E-state index in [2.05, 4.69) is 17.0 Å². The summed E-state index contributed by atoms with van der Waals surface area (Å²) in [6, 6.07) is 0. The maximum Gasteiger partial charge on any atom is 0.179 e. The molecule has 2 heterocycles. The number of aromatic nitrogens is 4. The molecule has 2 rings (SSSR count). The second-order valence-corrected chi connectivity index (χ2v) is 4.08. The van der Waals surface area contributed by atoms with E-state index in [1.807, 2.05) is 16.3 Å². The van der Waals surface area contributed by atoms with Crippen molar-refractivity contribution in [3.63, 3.8) is 0 Å². The van der Waals surface area contributed by atoms with Gasteiger partial charge in [-0.3, -0.25) is 9.25 Å². The van der Waals surface area contributed by atoms with Crippen LogP contribution < -0.4 is 0 Å². The molecule has 0 aliphatic heterocycles. The lowest BCUT2D eigenvalue weighted by Crippen LogP contribution is -2.07. The zero-order valence-electron chi connectivity index (χ0n) is 9.78. The molecule has 88 valence electrons. The molecule has 0 unspecified atom stereocenters. The number of ether oxygens (including phenoxy) is 1. The smallest absolute Gasteiger partial charge is 0.179 e. The van der Waals surface area contributed by atoms with Crippen LogP contribution in [0.3, 0.4) is 0 Å². The third kappa shape index (κ3) is 1.68. The van der Waals surface area contributed by atoms with Crippen LogP contribution in [0.2, 0.25) is 0 Å². The molecule has 0 saturated heterocycles. The van der Waals surface area contributed by atoms with Crippen LogP contribution in [0.1, 0.15) is 12.6 Å². The number of hydrogen-bond acceptors (Lipinski definition) is 3. The molecule has 0 spiro atoms. The van der Waals surface area contributed by atoms with Gasteiger partial charge in [0.05, 0.1) is 18.8 Å². The molecule has 0 aliphatic rings. The van der Waals surface area contributed by atoms with E-state index in [4.69, 9.17) is 17.0 Å². The van der Waals surface area contributed by atoms with Crippen LogP contribution >= 0.6 is 12.2 Å². The zero-order valence-corrected chi connectivity index (χ0v) is 10.6. The van der Waals surface area contributed by atoms with Gasteiger partial charge < -0.3 is 9.72 Å². The number of fused-ring (bicyclic) bond motifs is 1. The number of rotatable bonds is 4. The number of aromatic amines is 1. The number of methoxy groups -OCH3 is 1. The molecule has 0 bridgehead atoms. The first kappa shape index (κ1) is 11.3. The average Bonchev–Trinajstić information content (AvgIpc) is 2.74. The molecule has 0 aliphatic carbocycles. The van der Waals surface area contributed by atoms with Crippen LogP contribution in [0, 0.1) is 4.77 Å². The third-order valence-electron chi connectivity index (χ3n) is 2.68. The zero-order chi connectivity index (χ0) is 11.7. The van der Waals surface area contributed by atoms with Gasteiger partial charge in [-0.2, -0.15) is 5.10 Å². The number of nitrogens with one attached hydrogen (secondary N) is 1. The molecular formula is C10H16N4OS. The van der Waals surface area contributed by atoms with E-state index in [0.29, 0.717) is 6.61 Å². The Morgan fingerprint density at radius 1 is 1.50 bits per heavy atom. The van der Waals surface area contributed by atoms with Gasteiger partial charge in [-0.25, -0.2) is 0 Å². The predicted octanol–water partition coefficient (Wildman–Crippen LogP) is 1.64. The Labute approximate surface area is 99.0 Å². The second-order valence-electron chi connectivity index (χ2n) is 3.70. The standard InChI is InChI=1S/C10H16N4OS/c1-4-7-8-9(13(2)12-7)14(5-6-15-3)10(16)11-8/h4-6H2,1-3H3,(H,11,16). The predicted molar refractivity (Wildman–Crippen MR) is 65.1 cm³/mol. The normalized spacial score (nSPS) is 11.4. The highest BCUT2D eigenvalue weighted by molar-refractivity contribution is 7.71. The van der Waals surface area contributed by atoms with E-state index in [9.17, 15) is 0 Å². The Balaban J connectivity index is 2.59. The number of aryl methyl sites for hydroxylation is 2. The molecule has 0 amide bonds. The second kappa shape index (κ2) is 4.39. The molecule has 0 radical (unpaired) electrons. The lowest BCUT2D eigenvalue weighted by Gasteiger charge is -2.03. The molecule has 6 heteroatoms. The van der Waals surface area contributed by atoms with Crippen molar-refractivity contribution in [2.45, 2.75) is 19.9 Å². The van der Waals surface area contributed by atoms with Crippen molar-refractivity contribution in [3.8, 4) is 0 Å². The minimum absolute atomic E-state index is 0.647. The molecule has 0 aromatic carbocycles. The SMILES string of the molecule is CCc1nn(C)c2c1[nH]c(=S)n2CCOC. The number of hydrogen-bond donors (Lipinski definition) is 1. The number of H-pyrrole nitrogens is 1. The summed E-state index contributed by atoms with van der Waals surface area (Å²) < 4.78 is 9.71. The monoisotopic (exact) mass is 240 g/mol. The van der Waals surface area contributed by atoms with Gasteiger partial charge in [0.25, 0.3) is 0 Å². The third-order valence-corrected chi connectivity index (χ3v) is 3.00. The lowest BCUT2D eigenvalue weighted by atomic mass is 10.3. The van der Waals surface area contributed by atoms with Crippen molar-refractivity contribution in [2.75, 3.05) is 13.7 Å². The Hall–Kier alpha value is -1.14. The van der Waals surface area contributed by atoms with Gasteiger partial charge in [-0.15, -0.1) is 0 Å². The number of nitrogens with zero attached hydrogens (tertiary/aromatic N) is 3. The van der Waals surface area contributed by atoms with Crippen molar-refractivity contribution >= 4 is 23.4 Å². The molecule has 2 aromatic heterocycles. The van der Waals surface area contributed by atoms with Gasteiger partial charge >= 0.3 is 0 Å². The van der Waals surface area contributed by atoms with E-state index in [0.717, 1.165) is 34.6 Å². The first-order valence-corrected chi connectivity index (χ1v) is 5.73. The van der Waals surface area contributed by atoms with Gasteiger partial charge in [0.2, 0.25) is 0 Å². The van der Waals surface area contributed by atoms with Gasteiger partial charge in [0.15, 0.2) is 10.4 Å². The highest BCUT2D eigenvalue weighted by atomic mass is 32.1. The van der Waals surface area contributed by atoms with E-state index in [-0.39, 0.29) is 0 Å². The quantitative estimate of drug-likeness (QED) is 0.826. The molecule has 0 atom stereocenters. The first-order valence-electron chi connectivity index (χ1n) is 5.32. The Bertz CT molecular complexity index is 551. The van der Waals surface area contributed by atoms with E-state index >= 15 is 0 Å². The molecule has 2 aromatic rings. The first-order chi connectivity index (χ1) is 7.69. The minimum atomic E-state index is 0.647. The summed E-state index contributed by atoms with van der Waals surface area (Å²) in [6.45, 7) is 3.48. The van der Waals surface area contributed by atoms with Crippen LogP contribution in [0.15, 0.2) is 0 Å². The summed E-state index contributed by atoms with van der Waals surface area (Å²) in [6.07, 6.45) is 0.900. The lowest BCUT2D eigenvalue weighted by molar-refractivity contribution is 0.187. The Morgan fingerprint density at radius 3 is 2.88 bits per heavy atom. The van der Waals surface area contributed by atoms with Crippen LogP contribution in [-0.4, -0.2) is 33.0 Å². The van der Waals surface area contributed by atoms with Gasteiger partial charge in [0.1, 0.15) is 5.52 Å². The average molecular weight is 240 g/mol. The van der Waals surface area contributed by atoms with Crippen LogP contribution in [0.4, 0.5) is 0 Å². The highest BCUT2D eigenvalue weighted by Crippen LogP contribution is 2.17. The van der Waals surface area contributed by atoms with E-state index in [1.54, 1.807) is 7.11 Å². The fourth-order valence-corrected chi connectivity index (χ4v) is 2.19. The fraction of sp³-hybridized carbons (Fsp3) is 0.600. The van der Waals surface area contributed by atoms with Crippen molar-refractivity contribution in [3.05, 3.63) is 10.5 Å². The summed E-state index contributed by atoms with van der Waals surface area (Å²) in [5, 5.41) is 4.46. The summed E-state index contributed by atoms with van der Waals surface area (Å²) in [5.74, 6) is 0. The minimum Gasteiger partial charge on any atom is -0.383 e. The fourth-order valence-electron chi connectivity index (χ4n) is 1.92. The Kier molecular flexibility index (Phi) is 3.11. The molecule has 1 N–H and O–H groups in total. The van der Waals surface area contributed by atoms with Crippen molar-refractivity contribution in [1.82, 2.24) is 19.3 Å². The van der Waals surface area contributed by atoms with Gasteiger partial charge in [-0.05, 0) is 18.6 Å². The molecular weight excluding hydrogens is 224 g/mol. The molecule has 5 nitrogen and oxygen atoms in total. The Morgan fingerprint density at radius 2 is 2.25 bits per heavy atom. The molecule has 16 heavy (non-hydrogen) atoms. The summed E-state index contributed by atoms with van der Waals surface area (Å²) in [4.78, 5) is 3.22. The van der Waals surface area contributed by atoms with E-state index in [1.165, 1.54) is 0 Å². The summed E-state index contributed by atoms with van der Waals surface area (Å²) in [5.41, 5.74) is 3.14. The van der Waals surface area contributed by atoms with Crippen molar-refractivity contribution in [2.24, 2.45) is 7.05 Å². The number of imidazole rings is 1. The van der Waals surface area contributed by atoms with Crippen molar-refractivity contribution < 1.29 is 4.74 Å². The summed E-state index contributed by atoms with van der Waals surface area (Å²) >= 11 is 5.30. The van der Waals surface area contributed by atoms with Crippen LogP contribution in [-0.2, 0) is 24.8 Å². The summed E-state index contributed by atoms with van der Waals surface area (Å²) in [7, 11) is 3.63.